The number of amides is 3. The molecular weight excluding hydrogens is 624 g/mol. The Labute approximate surface area is 287 Å². The molecule has 4 aromatic rings. The zero-order valence-electron chi connectivity index (χ0n) is 28.6. The second kappa shape index (κ2) is 17.2. The summed E-state index contributed by atoms with van der Waals surface area (Å²) >= 11 is 0. The molecule has 1 unspecified atom stereocenters. The summed E-state index contributed by atoms with van der Waals surface area (Å²) in [6.45, 7) is 6.35. The van der Waals surface area contributed by atoms with Gasteiger partial charge in [-0.2, -0.15) is 0 Å². The lowest BCUT2D eigenvalue weighted by atomic mass is 10.1. The van der Waals surface area contributed by atoms with Gasteiger partial charge >= 0.3 is 12.1 Å². The Morgan fingerprint density at radius 3 is 2.22 bits per heavy atom. The first kappa shape index (κ1) is 36.5. The van der Waals surface area contributed by atoms with E-state index in [4.69, 9.17) is 9.47 Å². The number of hydrogen-bond acceptors (Lipinski definition) is 6. The van der Waals surface area contributed by atoms with E-state index >= 15 is 0 Å². The SMILES string of the molecule is CN(CCc1ccccc1)C(=O)Cn1c(C(=O)NC(CCCCNC(=O)OC(C)(C)C)C(=O)O)cc2cc(OCc3ccccc3)ccc21. The van der Waals surface area contributed by atoms with Crippen molar-refractivity contribution in [1.29, 1.82) is 0 Å². The van der Waals surface area contributed by atoms with Crippen LogP contribution in [0.2, 0.25) is 0 Å². The van der Waals surface area contributed by atoms with Crippen molar-refractivity contribution in [2.45, 2.75) is 71.2 Å². The molecule has 0 fully saturated rings. The number of carbonyl (C=O) groups excluding carboxylic acids is 3. The summed E-state index contributed by atoms with van der Waals surface area (Å²) in [6.07, 6.45) is 1.21. The standard InChI is InChI=1S/C38H46N4O7/c1-38(2,3)49-37(47)39-21-12-11-17-31(36(45)46)40-35(44)33-24-29-23-30(48-26-28-15-9-6-10-16-28)18-19-32(29)42(33)25-34(43)41(4)22-20-27-13-7-5-8-14-27/h5-10,13-16,18-19,23-24,31H,11-12,17,20-22,25-26H2,1-4H3,(H,39,47)(H,40,44)(H,45,46). The van der Waals surface area contributed by atoms with Crippen LogP contribution in [-0.4, -0.2) is 70.2 Å². The second-order valence-electron chi connectivity index (χ2n) is 13.0. The molecule has 11 heteroatoms. The summed E-state index contributed by atoms with van der Waals surface area (Å²) < 4.78 is 12.8. The number of carboxylic acid groups (broad SMARTS) is 1. The molecule has 49 heavy (non-hydrogen) atoms. The van der Waals surface area contributed by atoms with Gasteiger partial charge in [-0.25, -0.2) is 9.59 Å². The molecule has 4 rings (SSSR count). The summed E-state index contributed by atoms with van der Waals surface area (Å²) in [4.78, 5) is 52.8. The Kier molecular flexibility index (Phi) is 12.8. The van der Waals surface area contributed by atoms with Crippen molar-refractivity contribution in [3.8, 4) is 5.75 Å². The van der Waals surface area contributed by atoms with Gasteiger partial charge in [-0.1, -0.05) is 60.7 Å². The van der Waals surface area contributed by atoms with Crippen molar-refractivity contribution in [2.24, 2.45) is 0 Å². The third-order valence-corrected chi connectivity index (χ3v) is 7.84. The molecule has 0 radical (unpaired) electrons. The number of likely N-dealkylation sites (N-methyl/N-ethyl adjacent to an activating group) is 1. The van der Waals surface area contributed by atoms with Gasteiger partial charge in [0.25, 0.3) is 5.91 Å². The number of ether oxygens (including phenoxy) is 2. The topological polar surface area (TPSA) is 139 Å². The number of carboxylic acids is 1. The average molecular weight is 671 g/mol. The fourth-order valence-corrected chi connectivity index (χ4v) is 5.23. The third-order valence-electron chi connectivity index (χ3n) is 7.84. The van der Waals surface area contributed by atoms with E-state index in [1.807, 2.05) is 66.7 Å². The summed E-state index contributed by atoms with van der Waals surface area (Å²) in [7, 11) is 1.73. The van der Waals surface area contributed by atoms with Gasteiger partial charge in [0.1, 0.15) is 36.2 Å². The minimum Gasteiger partial charge on any atom is -0.489 e. The zero-order valence-corrected chi connectivity index (χ0v) is 28.6. The normalized spacial score (nSPS) is 11.8. The van der Waals surface area contributed by atoms with Crippen LogP contribution in [0, 0.1) is 0 Å². The highest BCUT2D eigenvalue weighted by molar-refractivity contribution is 6.01. The van der Waals surface area contributed by atoms with E-state index in [2.05, 4.69) is 10.6 Å². The van der Waals surface area contributed by atoms with Gasteiger partial charge < -0.3 is 34.7 Å². The quantitative estimate of drug-likeness (QED) is 0.128. The van der Waals surface area contributed by atoms with Crippen LogP contribution in [0.25, 0.3) is 10.9 Å². The number of nitrogens with one attached hydrogen (secondary N) is 2. The Balaban J connectivity index is 1.48. The number of rotatable bonds is 16. The summed E-state index contributed by atoms with van der Waals surface area (Å²) in [6, 6.07) is 25.5. The molecule has 0 aliphatic rings. The summed E-state index contributed by atoms with van der Waals surface area (Å²) in [5, 5.41) is 15.9. The van der Waals surface area contributed by atoms with Crippen molar-refractivity contribution < 1.29 is 33.8 Å². The molecule has 260 valence electrons. The number of aliphatic carboxylic acids is 1. The molecule has 0 aliphatic carbocycles. The monoisotopic (exact) mass is 670 g/mol. The van der Waals surface area contributed by atoms with E-state index in [-0.39, 0.29) is 24.6 Å². The molecule has 11 nitrogen and oxygen atoms in total. The van der Waals surface area contributed by atoms with Gasteiger partial charge in [0.05, 0.1) is 0 Å². The molecule has 0 bridgehead atoms. The fourth-order valence-electron chi connectivity index (χ4n) is 5.23. The number of fused-ring (bicyclic) bond motifs is 1. The molecule has 3 N–H and O–H groups in total. The predicted molar refractivity (Wildman–Crippen MR) is 187 cm³/mol. The number of alkyl carbamates (subject to hydrolysis) is 1. The molecule has 3 aromatic carbocycles. The van der Waals surface area contributed by atoms with Crippen molar-refractivity contribution in [1.82, 2.24) is 20.1 Å². The highest BCUT2D eigenvalue weighted by atomic mass is 16.6. The zero-order chi connectivity index (χ0) is 35.4. The minimum atomic E-state index is -1.18. The third kappa shape index (κ3) is 11.4. The van der Waals surface area contributed by atoms with E-state index in [9.17, 15) is 24.3 Å². The molecule has 1 atom stereocenters. The van der Waals surface area contributed by atoms with Crippen LogP contribution in [-0.2, 0) is 33.9 Å². The van der Waals surface area contributed by atoms with Crippen LogP contribution in [0.3, 0.4) is 0 Å². The van der Waals surface area contributed by atoms with Crippen LogP contribution >= 0.6 is 0 Å². The van der Waals surface area contributed by atoms with Gasteiger partial charge in [0.2, 0.25) is 5.91 Å². The molecule has 0 saturated heterocycles. The lowest BCUT2D eigenvalue weighted by Crippen LogP contribution is -2.42. The second-order valence-corrected chi connectivity index (χ2v) is 13.0. The van der Waals surface area contributed by atoms with Gasteiger partial charge in [-0.05, 0) is 81.8 Å². The summed E-state index contributed by atoms with van der Waals surface area (Å²) in [5.41, 5.74) is 2.30. The molecule has 0 saturated carbocycles. The van der Waals surface area contributed by atoms with Gasteiger partial charge in [-0.3, -0.25) is 9.59 Å². The van der Waals surface area contributed by atoms with Gasteiger partial charge in [0.15, 0.2) is 0 Å². The van der Waals surface area contributed by atoms with E-state index in [1.54, 1.807) is 55.5 Å². The Hall–Kier alpha value is -5.32. The van der Waals surface area contributed by atoms with Gasteiger partial charge in [-0.15, -0.1) is 0 Å². The summed E-state index contributed by atoms with van der Waals surface area (Å²) in [5.74, 6) is -1.39. The maximum atomic E-state index is 13.7. The number of aromatic nitrogens is 1. The lowest BCUT2D eigenvalue weighted by Gasteiger charge is -2.20. The fraction of sp³-hybridized carbons (Fsp3) is 0.368. The maximum absolute atomic E-state index is 13.7. The van der Waals surface area contributed by atoms with Crippen molar-refractivity contribution in [3.63, 3.8) is 0 Å². The maximum Gasteiger partial charge on any atom is 0.407 e. The number of hydrogen-bond donors (Lipinski definition) is 3. The molecule has 1 heterocycles. The smallest absolute Gasteiger partial charge is 0.407 e. The van der Waals surface area contributed by atoms with Crippen LogP contribution in [0.4, 0.5) is 4.79 Å². The van der Waals surface area contributed by atoms with Crippen molar-refractivity contribution in [3.05, 3.63) is 102 Å². The Morgan fingerprint density at radius 2 is 1.57 bits per heavy atom. The van der Waals surface area contributed by atoms with E-state index < -0.39 is 29.6 Å². The number of nitrogens with zero attached hydrogens (tertiary/aromatic N) is 2. The van der Waals surface area contributed by atoms with Crippen LogP contribution in [0.1, 0.15) is 61.6 Å². The molecule has 0 aliphatic heterocycles. The van der Waals surface area contributed by atoms with E-state index in [1.165, 1.54) is 0 Å². The molecule has 3 amide bonds. The molecule has 1 aromatic heterocycles. The van der Waals surface area contributed by atoms with Crippen LogP contribution < -0.4 is 15.4 Å². The first-order chi connectivity index (χ1) is 23.4. The largest absolute Gasteiger partial charge is 0.489 e. The van der Waals surface area contributed by atoms with Crippen molar-refractivity contribution in [2.75, 3.05) is 20.1 Å². The first-order valence-corrected chi connectivity index (χ1v) is 16.5. The van der Waals surface area contributed by atoms with E-state index in [0.29, 0.717) is 55.6 Å². The van der Waals surface area contributed by atoms with E-state index in [0.717, 1.165) is 11.1 Å². The Bertz CT molecular complexity index is 1710. The molecular formula is C38H46N4O7. The van der Waals surface area contributed by atoms with Crippen molar-refractivity contribution >= 4 is 34.8 Å². The first-order valence-electron chi connectivity index (χ1n) is 16.5. The van der Waals surface area contributed by atoms with Gasteiger partial charge in [0, 0.05) is 31.0 Å². The minimum absolute atomic E-state index is 0.115. The van der Waals surface area contributed by atoms with Crippen LogP contribution in [0.5, 0.6) is 5.75 Å². The highest BCUT2D eigenvalue weighted by Gasteiger charge is 2.25. The molecule has 0 spiro atoms. The average Bonchev–Trinajstić information content (AvgIpc) is 3.42. The number of unbranched alkanes of at least 4 members (excludes halogenated alkanes) is 1. The predicted octanol–water partition coefficient (Wildman–Crippen LogP) is 5.80. The van der Waals surface area contributed by atoms with Crippen LogP contribution in [0.15, 0.2) is 84.9 Å². The number of benzene rings is 3. The highest BCUT2D eigenvalue weighted by Crippen LogP contribution is 2.26. The lowest BCUT2D eigenvalue weighted by molar-refractivity contribution is -0.139. The Morgan fingerprint density at radius 1 is 0.898 bits per heavy atom. The number of carbonyl (C=O) groups is 4.